The van der Waals surface area contributed by atoms with Gasteiger partial charge in [-0.25, -0.2) is 0 Å². The Balaban J connectivity index is 1.07. The molecular weight excluding hydrogens is 444 g/mol. The number of rotatable bonds is 6. The van der Waals surface area contributed by atoms with E-state index < -0.39 is 0 Å². The van der Waals surface area contributed by atoms with Crippen LogP contribution in [0.2, 0.25) is 0 Å². The van der Waals surface area contributed by atoms with Crippen molar-refractivity contribution in [2.24, 2.45) is 28.7 Å². The molecule has 1 N–H and O–H groups in total. The number of benzene rings is 1. The predicted octanol–water partition coefficient (Wildman–Crippen LogP) is 6.10. The number of amidine groups is 1. The van der Waals surface area contributed by atoms with Crippen molar-refractivity contribution in [2.75, 3.05) is 0 Å². The predicted molar refractivity (Wildman–Crippen MR) is 143 cm³/mol. The van der Waals surface area contributed by atoms with Crippen LogP contribution in [0, 0.1) is 23.7 Å². The quantitative estimate of drug-likeness (QED) is 0.463. The van der Waals surface area contributed by atoms with Gasteiger partial charge in [0, 0.05) is 29.6 Å². The molecule has 0 saturated heterocycles. The molecule has 0 bridgehead atoms. The molecule has 0 radical (unpaired) electrons. The highest BCUT2D eigenvalue weighted by atomic mass is 15.3. The maximum absolute atomic E-state index is 5.22. The maximum atomic E-state index is 5.22. The van der Waals surface area contributed by atoms with Crippen LogP contribution in [-0.4, -0.2) is 25.6 Å². The fourth-order valence-corrected chi connectivity index (χ4v) is 7.20. The Morgan fingerprint density at radius 3 is 2.67 bits per heavy atom. The van der Waals surface area contributed by atoms with Gasteiger partial charge in [-0.2, -0.15) is 5.10 Å². The molecule has 3 aliphatic carbocycles. The highest BCUT2D eigenvalue weighted by Crippen LogP contribution is 2.51. The standard InChI is InChI=1S/C30H36N6/c1-19-26-17-34-36(23-4-2-3-5-23)29(26)18-33-30(35-19)25-15-21(14-24(25)22-9-10-22)7-6-20-8-11-27-28(16-20)32-13-12-31-27/h8,11-13,16-17,21-25H,1-7,9-10,14-15,18H2,(H,33,35)/t21?,24-,25+/m0/s1. The summed E-state index contributed by atoms with van der Waals surface area (Å²) in [5.41, 5.74) is 6.76. The fraction of sp³-hybridized carbons (Fsp3) is 0.533. The number of aryl methyl sites for hydroxylation is 1. The summed E-state index contributed by atoms with van der Waals surface area (Å²) >= 11 is 0. The molecule has 7 rings (SSSR count). The first-order valence-corrected chi connectivity index (χ1v) is 14.0. The van der Waals surface area contributed by atoms with E-state index in [0.29, 0.717) is 12.0 Å². The van der Waals surface area contributed by atoms with Gasteiger partial charge in [-0.1, -0.05) is 25.5 Å². The zero-order chi connectivity index (χ0) is 24.1. The highest BCUT2D eigenvalue weighted by molar-refractivity contribution is 5.93. The SMILES string of the molecule is C=C1NC([C@@H]2CC(CCc3ccc4nccnc4c3)C[C@H]2C2CC2)=NCc2c1cnn2C1CCCC1. The molecule has 6 nitrogen and oxygen atoms in total. The average molecular weight is 481 g/mol. The Bertz CT molecular complexity index is 1310. The largest absolute Gasteiger partial charge is 0.344 e. The van der Waals surface area contributed by atoms with Crippen LogP contribution in [0.15, 0.2) is 48.4 Å². The Morgan fingerprint density at radius 1 is 1.00 bits per heavy atom. The third kappa shape index (κ3) is 4.14. The molecule has 1 unspecified atom stereocenters. The molecule has 1 aromatic carbocycles. The molecule has 0 spiro atoms. The lowest BCUT2D eigenvalue weighted by molar-refractivity contribution is 0.405. The second-order valence-electron chi connectivity index (χ2n) is 11.6. The number of hydrogen-bond donors (Lipinski definition) is 1. The minimum atomic E-state index is 0.526. The molecule has 6 heteroatoms. The van der Waals surface area contributed by atoms with Crippen molar-refractivity contribution in [3.8, 4) is 0 Å². The number of aromatic nitrogens is 4. The molecule has 2 aromatic heterocycles. The van der Waals surface area contributed by atoms with Crippen LogP contribution >= 0.6 is 0 Å². The number of fused-ring (bicyclic) bond motifs is 2. The first kappa shape index (κ1) is 22.2. The van der Waals surface area contributed by atoms with Gasteiger partial charge in [0.05, 0.1) is 35.5 Å². The van der Waals surface area contributed by atoms with Gasteiger partial charge in [-0.3, -0.25) is 19.6 Å². The van der Waals surface area contributed by atoms with Gasteiger partial charge in [0.25, 0.3) is 0 Å². The third-order valence-corrected chi connectivity index (χ3v) is 9.24. The van der Waals surface area contributed by atoms with Crippen molar-refractivity contribution < 1.29 is 0 Å². The lowest BCUT2D eigenvalue weighted by atomic mass is 9.90. The van der Waals surface area contributed by atoms with Crippen LogP contribution in [0.5, 0.6) is 0 Å². The van der Waals surface area contributed by atoms with Crippen molar-refractivity contribution in [1.29, 1.82) is 0 Å². The van der Waals surface area contributed by atoms with E-state index in [1.165, 1.54) is 74.9 Å². The normalized spacial score (nSPS) is 26.6. The fourth-order valence-electron chi connectivity index (χ4n) is 7.20. The topological polar surface area (TPSA) is 68.0 Å². The van der Waals surface area contributed by atoms with E-state index in [1.54, 1.807) is 12.4 Å². The first-order chi connectivity index (χ1) is 17.7. The number of nitrogens with zero attached hydrogens (tertiary/aromatic N) is 5. The van der Waals surface area contributed by atoms with E-state index in [4.69, 9.17) is 10.1 Å². The molecule has 3 heterocycles. The Labute approximate surface area is 213 Å². The Kier molecular flexibility index (Phi) is 5.63. The molecule has 1 aliphatic heterocycles. The zero-order valence-electron chi connectivity index (χ0n) is 21.1. The van der Waals surface area contributed by atoms with Crippen LogP contribution in [0.4, 0.5) is 0 Å². The molecule has 3 saturated carbocycles. The lowest BCUT2D eigenvalue weighted by Gasteiger charge is -2.22. The number of nitrogens with one attached hydrogen (secondary N) is 1. The summed E-state index contributed by atoms with van der Waals surface area (Å²) in [6.07, 6.45) is 18.4. The van der Waals surface area contributed by atoms with Crippen molar-refractivity contribution >= 4 is 22.6 Å². The van der Waals surface area contributed by atoms with E-state index in [-0.39, 0.29) is 0 Å². The van der Waals surface area contributed by atoms with E-state index in [2.05, 4.69) is 44.7 Å². The summed E-state index contributed by atoms with van der Waals surface area (Å²) < 4.78 is 2.27. The summed E-state index contributed by atoms with van der Waals surface area (Å²) in [7, 11) is 0. The smallest absolute Gasteiger partial charge is 0.105 e. The van der Waals surface area contributed by atoms with Crippen LogP contribution in [0.3, 0.4) is 0 Å². The van der Waals surface area contributed by atoms with Crippen molar-refractivity contribution in [3.05, 3.63) is 60.2 Å². The minimum absolute atomic E-state index is 0.526. The summed E-state index contributed by atoms with van der Waals surface area (Å²) in [4.78, 5) is 14.1. The maximum Gasteiger partial charge on any atom is 0.105 e. The van der Waals surface area contributed by atoms with Crippen LogP contribution in [0.25, 0.3) is 16.7 Å². The highest BCUT2D eigenvalue weighted by Gasteiger charge is 2.45. The second-order valence-corrected chi connectivity index (χ2v) is 11.6. The number of aliphatic imine (C=N–C) groups is 1. The molecule has 36 heavy (non-hydrogen) atoms. The van der Waals surface area contributed by atoms with E-state index >= 15 is 0 Å². The van der Waals surface area contributed by atoms with Crippen LogP contribution < -0.4 is 5.32 Å². The second kappa shape index (κ2) is 9.13. The van der Waals surface area contributed by atoms with E-state index in [1.807, 2.05) is 6.20 Å². The monoisotopic (exact) mass is 480 g/mol. The van der Waals surface area contributed by atoms with Gasteiger partial charge in [0.2, 0.25) is 0 Å². The van der Waals surface area contributed by atoms with Gasteiger partial charge in [0.1, 0.15) is 5.84 Å². The molecule has 4 aliphatic rings. The molecule has 3 fully saturated rings. The summed E-state index contributed by atoms with van der Waals surface area (Å²) in [5.74, 6) is 4.10. The minimum Gasteiger partial charge on any atom is -0.344 e. The third-order valence-electron chi connectivity index (χ3n) is 9.24. The Morgan fingerprint density at radius 2 is 1.83 bits per heavy atom. The summed E-state index contributed by atoms with van der Waals surface area (Å²) in [5, 5.41) is 8.46. The molecule has 0 amide bonds. The van der Waals surface area contributed by atoms with Gasteiger partial charge < -0.3 is 5.32 Å². The molecule has 3 atom stereocenters. The first-order valence-electron chi connectivity index (χ1n) is 14.0. The molecular formula is C30H36N6. The van der Waals surface area contributed by atoms with Crippen molar-refractivity contribution in [2.45, 2.75) is 76.8 Å². The summed E-state index contributed by atoms with van der Waals surface area (Å²) in [6.45, 7) is 5.15. The van der Waals surface area contributed by atoms with Gasteiger partial charge in [-0.05, 0) is 86.8 Å². The lowest BCUT2D eigenvalue weighted by Crippen LogP contribution is -2.32. The van der Waals surface area contributed by atoms with Gasteiger partial charge >= 0.3 is 0 Å². The van der Waals surface area contributed by atoms with Crippen molar-refractivity contribution in [1.82, 2.24) is 25.1 Å². The summed E-state index contributed by atoms with van der Waals surface area (Å²) in [6, 6.07) is 7.10. The number of hydrogen-bond acceptors (Lipinski definition) is 5. The molecule has 3 aromatic rings. The zero-order valence-corrected chi connectivity index (χ0v) is 21.1. The molecule has 186 valence electrons. The van der Waals surface area contributed by atoms with Crippen molar-refractivity contribution in [3.63, 3.8) is 0 Å². The van der Waals surface area contributed by atoms with Crippen LogP contribution in [-0.2, 0) is 13.0 Å². The van der Waals surface area contributed by atoms with E-state index in [9.17, 15) is 0 Å². The average Bonchev–Trinajstić information content (AvgIpc) is 3.28. The van der Waals surface area contributed by atoms with E-state index in [0.717, 1.165) is 53.0 Å². The van der Waals surface area contributed by atoms with Crippen LogP contribution in [0.1, 0.15) is 80.7 Å². The van der Waals surface area contributed by atoms with Gasteiger partial charge in [0.15, 0.2) is 0 Å². The Hall–Kier alpha value is -3.02. The van der Waals surface area contributed by atoms with Gasteiger partial charge in [-0.15, -0.1) is 0 Å².